The fourth-order valence-corrected chi connectivity index (χ4v) is 4.07. The molecule has 1 unspecified atom stereocenters. The molecule has 2 N–H and O–H groups in total. The van der Waals surface area contributed by atoms with E-state index in [1.54, 1.807) is 6.92 Å². The summed E-state index contributed by atoms with van der Waals surface area (Å²) in [4.78, 5) is 12.2. The molecule has 4 heteroatoms. The molecule has 4 nitrogen and oxygen atoms in total. The van der Waals surface area contributed by atoms with Gasteiger partial charge in [-0.05, 0) is 69.2 Å². The van der Waals surface area contributed by atoms with Crippen molar-refractivity contribution in [3.63, 3.8) is 0 Å². The second kappa shape index (κ2) is 6.42. The highest BCUT2D eigenvalue weighted by atomic mass is 16.4. The van der Waals surface area contributed by atoms with E-state index in [1.165, 1.54) is 17.4 Å². The normalized spacial score (nSPS) is 26.0. The number of allylic oxidation sites excluding steroid dienone is 1. The van der Waals surface area contributed by atoms with Crippen LogP contribution in [0.2, 0.25) is 0 Å². The van der Waals surface area contributed by atoms with Gasteiger partial charge in [0.25, 0.3) is 0 Å². The number of fused-ring (bicyclic) bond motifs is 1. The van der Waals surface area contributed by atoms with Crippen LogP contribution in [0.4, 0.5) is 0 Å². The van der Waals surface area contributed by atoms with E-state index >= 15 is 0 Å². The molecule has 1 fully saturated rings. The van der Waals surface area contributed by atoms with Crippen LogP contribution in [0, 0.1) is 5.92 Å². The highest BCUT2D eigenvalue weighted by Gasteiger charge is 2.33. The Balaban J connectivity index is 2.18. The summed E-state index contributed by atoms with van der Waals surface area (Å²) in [5.41, 5.74) is 5.63. The molecule has 1 aliphatic heterocycles. The van der Waals surface area contributed by atoms with Gasteiger partial charge in [-0.3, -0.25) is 4.79 Å². The lowest BCUT2D eigenvalue weighted by Crippen LogP contribution is -2.45. The first-order chi connectivity index (χ1) is 11.4. The maximum absolute atomic E-state index is 12.2. The minimum absolute atomic E-state index is 0.0261. The van der Waals surface area contributed by atoms with E-state index in [1.807, 2.05) is 6.07 Å². The zero-order chi connectivity index (χ0) is 17.3. The van der Waals surface area contributed by atoms with Gasteiger partial charge in [0.15, 0.2) is 0 Å². The second-order valence-electron chi connectivity index (χ2n) is 7.66. The first kappa shape index (κ1) is 16.7. The quantitative estimate of drug-likeness (QED) is 0.492. The Bertz CT molecular complexity index is 716. The van der Waals surface area contributed by atoms with Crippen molar-refractivity contribution in [2.24, 2.45) is 11.1 Å². The summed E-state index contributed by atoms with van der Waals surface area (Å²) in [6, 6.07) is 6.15. The third-order valence-corrected chi connectivity index (χ3v) is 5.13. The Morgan fingerprint density at radius 3 is 2.88 bits per heavy atom. The van der Waals surface area contributed by atoms with Gasteiger partial charge >= 0.3 is 0 Å². The Hall–Kier alpha value is -2.10. The highest BCUT2D eigenvalue weighted by Crippen LogP contribution is 2.39. The van der Waals surface area contributed by atoms with E-state index in [0.29, 0.717) is 0 Å². The van der Waals surface area contributed by atoms with E-state index in [2.05, 4.69) is 36.5 Å². The number of carbonyl (C=O) groups is 1. The first-order valence-corrected chi connectivity index (χ1v) is 8.74. The monoisotopic (exact) mass is 326 g/mol. The fourth-order valence-electron chi connectivity index (χ4n) is 4.07. The molecule has 1 saturated carbocycles. The lowest BCUT2D eigenvalue weighted by atomic mass is 9.76. The van der Waals surface area contributed by atoms with Crippen LogP contribution in [-0.4, -0.2) is 22.7 Å². The molecule has 0 saturated heterocycles. The number of nitrogens with one attached hydrogen (secondary N) is 1. The number of rotatable bonds is 2. The van der Waals surface area contributed by atoms with Crippen LogP contribution in [0.5, 0.6) is 0 Å². The van der Waals surface area contributed by atoms with Gasteiger partial charge in [0.05, 0.1) is 6.21 Å². The zero-order valence-electron chi connectivity index (χ0n) is 14.7. The first-order valence-electron chi connectivity index (χ1n) is 8.74. The molecule has 0 spiro atoms. The van der Waals surface area contributed by atoms with Gasteiger partial charge in [-0.15, -0.1) is 0 Å². The van der Waals surface area contributed by atoms with Gasteiger partial charge in [0, 0.05) is 22.7 Å². The largest absolute Gasteiger partial charge is 0.411 e. The maximum atomic E-state index is 12.2. The van der Waals surface area contributed by atoms with Crippen molar-refractivity contribution in [1.82, 2.24) is 5.32 Å². The maximum Gasteiger partial charge on any atom is 0.137 e. The third kappa shape index (κ3) is 3.23. The molecular weight excluding hydrogens is 300 g/mol. The summed E-state index contributed by atoms with van der Waals surface area (Å²) in [6.07, 6.45) is 6.56. The number of benzene rings is 1. The van der Waals surface area contributed by atoms with Gasteiger partial charge in [-0.2, -0.15) is 0 Å². The van der Waals surface area contributed by atoms with Crippen LogP contribution in [0.15, 0.2) is 28.9 Å². The molecule has 1 atom stereocenters. The molecule has 0 radical (unpaired) electrons. The molecule has 3 rings (SSSR count). The third-order valence-electron chi connectivity index (χ3n) is 5.13. The lowest BCUT2D eigenvalue weighted by Gasteiger charge is -2.39. The number of hydrogen-bond donors (Lipinski definition) is 2. The standard InChI is InChI=1S/C20H26N2O2/c1-13(23)16-6-4-5-7-17(16)19-18-10-14(12-21-24)8-9-15(18)11-20(2,3)22-19/h8-10,12,16,22,24H,4-7,11H2,1-3H3/b19-17-,21-12?. The molecule has 1 aromatic carbocycles. The fraction of sp³-hybridized carbons (Fsp3) is 0.500. The lowest BCUT2D eigenvalue weighted by molar-refractivity contribution is -0.120. The van der Waals surface area contributed by atoms with Crippen molar-refractivity contribution >= 4 is 17.7 Å². The van der Waals surface area contributed by atoms with Crippen LogP contribution < -0.4 is 5.32 Å². The summed E-state index contributed by atoms with van der Waals surface area (Å²) >= 11 is 0. The predicted molar refractivity (Wildman–Crippen MR) is 96.3 cm³/mol. The summed E-state index contributed by atoms with van der Waals surface area (Å²) in [7, 11) is 0. The second-order valence-corrected chi connectivity index (χ2v) is 7.66. The number of ketones is 1. The average Bonchev–Trinajstić information content (AvgIpc) is 2.54. The number of nitrogens with zero attached hydrogens (tertiary/aromatic N) is 1. The Morgan fingerprint density at radius 2 is 2.17 bits per heavy atom. The van der Waals surface area contributed by atoms with Crippen molar-refractivity contribution in [1.29, 1.82) is 0 Å². The van der Waals surface area contributed by atoms with E-state index in [0.717, 1.165) is 48.9 Å². The number of hydrogen-bond acceptors (Lipinski definition) is 4. The van der Waals surface area contributed by atoms with Gasteiger partial charge in [-0.1, -0.05) is 23.7 Å². The number of carbonyl (C=O) groups excluding carboxylic acids is 1. The Labute approximate surface area is 143 Å². The van der Waals surface area contributed by atoms with Crippen molar-refractivity contribution in [2.45, 2.75) is 58.4 Å². The molecule has 0 bridgehead atoms. The molecule has 1 aliphatic carbocycles. The van der Waals surface area contributed by atoms with Crippen LogP contribution in [-0.2, 0) is 11.2 Å². The molecule has 0 aromatic heterocycles. The minimum Gasteiger partial charge on any atom is -0.411 e. The molecule has 128 valence electrons. The Morgan fingerprint density at radius 1 is 1.38 bits per heavy atom. The minimum atomic E-state index is -0.0410. The molecule has 2 aliphatic rings. The molecule has 24 heavy (non-hydrogen) atoms. The van der Waals surface area contributed by atoms with Crippen molar-refractivity contribution in [2.75, 3.05) is 0 Å². The van der Waals surface area contributed by atoms with Gasteiger partial charge in [-0.25, -0.2) is 0 Å². The van der Waals surface area contributed by atoms with Crippen LogP contribution in [0.25, 0.3) is 5.70 Å². The van der Waals surface area contributed by atoms with E-state index in [9.17, 15) is 4.79 Å². The molecular formula is C20H26N2O2. The number of Topliss-reactive ketones (excluding diaryl/α,β-unsaturated/α-hetero) is 1. The van der Waals surface area contributed by atoms with Crippen molar-refractivity contribution < 1.29 is 10.0 Å². The van der Waals surface area contributed by atoms with Gasteiger partial charge in [0.1, 0.15) is 5.78 Å². The summed E-state index contributed by atoms with van der Waals surface area (Å²) in [6.45, 7) is 6.11. The van der Waals surface area contributed by atoms with Crippen molar-refractivity contribution in [3.8, 4) is 0 Å². The smallest absolute Gasteiger partial charge is 0.137 e. The molecule has 0 amide bonds. The predicted octanol–water partition coefficient (Wildman–Crippen LogP) is 3.91. The van der Waals surface area contributed by atoms with Crippen LogP contribution in [0.3, 0.4) is 0 Å². The topological polar surface area (TPSA) is 61.7 Å². The van der Waals surface area contributed by atoms with Crippen molar-refractivity contribution in [3.05, 3.63) is 40.5 Å². The molecule has 1 heterocycles. The van der Waals surface area contributed by atoms with Crippen LogP contribution >= 0.6 is 0 Å². The number of oxime groups is 1. The average molecular weight is 326 g/mol. The van der Waals surface area contributed by atoms with E-state index in [4.69, 9.17) is 5.21 Å². The van der Waals surface area contributed by atoms with E-state index < -0.39 is 0 Å². The summed E-state index contributed by atoms with van der Waals surface area (Å²) < 4.78 is 0. The summed E-state index contributed by atoms with van der Waals surface area (Å²) in [5.74, 6) is 0.287. The summed E-state index contributed by atoms with van der Waals surface area (Å²) in [5, 5.41) is 15.7. The van der Waals surface area contributed by atoms with E-state index in [-0.39, 0.29) is 17.2 Å². The zero-order valence-corrected chi connectivity index (χ0v) is 14.7. The van der Waals surface area contributed by atoms with Gasteiger partial charge < -0.3 is 10.5 Å². The van der Waals surface area contributed by atoms with Crippen LogP contribution in [0.1, 0.15) is 63.1 Å². The Kier molecular flexibility index (Phi) is 4.48. The molecule has 1 aromatic rings. The SMILES string of the molecule is CC(=O)C1CCCC/C1=C1/NC(C)(C)Cc2ccc(C=NO)cc21. The van der Waals surface area contributed by atoms with Gasteiger partial charge in [0.2, 0.25) is 0 Å². The highest BCUT2D eigenvalue weighted by molar-refractivity contribution is 5.87.